The highest BCUT2D eigenvalue weighted by Crippen LogP contribution is 2.18. The highest BCUT2D eigenvalue weighted by molar-refractivity contribution is 5.92. The number of benzene rings is 2. The molecule has 0 saturated carbocycles. The molecule has 0 spiro atoms. The van der Waals surface area contributed by atoms with Crippen LogP contribution in [0.2, 0.25) is 0 Å². The van der Waals surface area contributed by atoms with E-state index in [2.05, 4.69) is 5.32 Å². The first-order valence-corrected chi connectivity index (χ1v) is 7.39. The number of hydrogen-bond acceptors (Lipinski definition) is 3. The van der Waals surface area contributed by atoms with Crippen molar-refractivity contribution in [3.05, 3.63) is 60.2 Å². The van der Waals surface area contributed by atoms with Crippen molar-refractivity contribution < 1.29 is 9.53 Å². The van der Waals surface area contributed by atoms with Gasteiger partial charge < -0.3 is 15.8 Å². The van der Waals surface area contributed by atoms with Gasteiger partial charge in [0.2, 0.25) is 5.91 Å². The third-order valence-electron chi connectivity index (χ3n) is 3.57. The minimum atomic E-state index is -0.228. The molecule has 2 unspecified atom stereocenters. The summed E-state index contributed by atoms with van der Waals surface area (Å²) in [5.41, 5.74) is 7.59. The van der Waals surface area contributed by atoms with E-state index in [1.807, 2.05) is 68.4 Å². The van der Waals surface area contributed by atoms with E-state index in [-0.39, 0.29) is 30.3 Å². The molecular weight excluding hydrogens is 312 g/mol. The van der Waals surface area contributed by atoms with Crippen LogP contribution in [0.3, 0.4) is 0 Å². The number of halogens is 1. The summed E-state index contributed by atoms with van der Waals surface area (Å²) >= 11 is 0. The molecule has 124 valence electrons. The number of nitrogens with two attached hydrogens (primary N) is 1. The minimum Gasteiger partial charge on any atom is -0.489 e. The predicted octanol–water partition coefficient (Wildman–Crippen LogP) is 3.61. The fourth-order valence-electron chi connectivity index (χ4n) is 1.87. The largest absolute Gasteiger partial charge is 0.489 e. The molecular formula is C18H23ClN2O2. The van der Waals surface area contributed by atoms with E-state index in [1.165, 1.54) is 0 Å². The van der Waals surface area contributed by atoms with Gasteiger partial charge in [0.1, 0.15) is 12.4 Å². The predicted molar refractivity (Wildman–Crippen MR) is 95.9 cm³/mol. The van der Waals surface area contributed by atoms with Crippen LogP contribution in [0.5, 0.6) is 5.75 Å². The van der Waals surface area contributed by atoms with Gasteiger partial charge in [-0.25, -0.2) is 0 Å². The molecule has 0 aliphatic heterocycles. The van der Waals surface area contributed by atoms with Crippen LogP contribution in [0.15, 0.2) is 54.6 Å². The highest BCUT2D eigenvalue weighted by atomic mass is 35.5. The summed E-state index contributed by atoms with van der Waals surface area (Å²) in [7, 11) is 0. The van der Waals surface area contributed by atoms with Crippen molar-refractivity contribution in [1.29, 1.82) is 0 Å². The van der Waals surface area contributed by atoms with Crippen molar-refractivity contribution in [2.45, 2.75) is 26.5 Å². The molecule has 0 radical (unpaired) electrons. The maximum absolute atomic E-state index is 11.9. The minimum absolute atomic E-state index is 0. The Balaban J connectivity index is 0.00000264. The zero-order valence-corrected chi connectivity index (χ0v) is 14.2. The van der Waals surface area contributed by atoms with Gasteiger partial charge in [-0.1, -0.05) is 37.3 Å². The van der Waals surface area contributed by atoms with Crippen LogP contribution in [-0.2, 0) is 11.4 Å². The number of amides is 1. The van der Waals surface area contributed by atoms with E-state index in [9.17, 15) is 4.79 Å². The van der Waals surface area contributed by atoms with Crippen LogP contribution in [0, 0.1) is 5.92 Å². The van der Waals surface area contributed by atoms with Crippen LogP contribution in [0.1, 0.15) is 19.4 Å². The summed E-state index contributed by atoms with van der Waals surface area (Å²) in [6.45, 7) is 4.16. The SMILES string of the molecule is CC(N)C(C)C(=O)Nc1ccc(OCc2ccccc2)cc1.Cl. The van der Waals surface area contributed by atoms with Crippen molar-refractivity contribution in [2.24, 2.45) is 11.7 Å². The van der Waals surface area contributed by atoms with Crippen LogP contribution in [0.4, 0.5) is 5.69 Å². The van der Waals surface area contributed by atoms with Crippen LogP contribution in [-0.4, -0.2) is 11.9 Å². The van der Waals surface area contributed by atoms with Crippen molar-refractivity contribution >= 4 is 24.0 Å². The lowest BCUT2D eigenvalue weighted by atomic mass is 10.0. The topological polar surface area (TPSA) is 64.4 Å². The van der Waals surface area contributed by atoms with Crippen LogP contribution >= 0.6 is 12.4 Å². The number of hydrogen-bond donors (Lipinski definition) is 2. The van der Waals surface area contributed by atoms with Crippen LogP contribution in [0.25, 0.3) is 0 Å². The van der Waals surface area contributed by atoms with Crippen molar-refractivity contribution in [3.8, 4) is 5.75 Å². The van der Waals surface area contributed by atoms with E-state index in [0.717, 1.165) is 17.0 Å². The molecule has 0 heterocycles. The Bertz CT molecular complexity index is 600. The summed E-state index contributed by atoms with van der Waals surface area (Å²) < 4.78 is 5.70. The van der Waals surface area contributed by atoms with Gasteiger partial charge in [0.05, 0.1) is 5.92 Å². The molecule has 0 bridgehead atoms. The quantitative estimate of drug-likeness (QED) is 0.848. The lowest BCUT2D eigenvalue weighted by Crippen LogP contribution is -2.34. The standard InChI is InChI=1S/C18H22N2O2.ClH/c1-13(14(2)19)18(21)20-16-8-10-17(11-9-16)22-12-15-6-4-3-5-7-15;/h3-11,13-14H,12,19H2,1-2H3,(H,20,21);1H. The molecule has 0 aromatic heterocycles. The third-order valence-corrected chi connectivity index (χ3v) is 3.57. The van der Waals surface area contributed by atoms with Gasteiger partial charge in [0, 0.05) is 11.7 Å². The second-order valence-corrected chi connectivity index (χ2v) is 5.44. The Morgan fingerprint density at radius 2 is 1.70 bits per heavy atom. The highest BCUT2D eigenvalue weighted by Gasteiger charge is 2.16. The molecule has 2 rings (SSSR count). The molecule has 2 aromatic rings. The first-order chi connectivity index (χ1) is 10.6. The van der Waals surface area contributed by atoms with Gasteiger partial charge in [0.15, 0.2) is 0 Å². The lowest BCUT2D eigenvalue weighted by Gasteiger charge is -2.15. The van der Waals surface area contributed by atoms with Gasteiger partial charge in [-0.2, -0.15) is 0 Å². The number of carbonyl (C=O) groups is 1. The molecule has 0 aliphatic carbocycles. The first-order valence-electron chi connectivity index (χ1n) is 7.39. The lowest BCUT2D eigenvalue weighted by molar-refractivity contribution is -0.119. The van der Waals surface area contributed by atoms with E-state index >= 15 is 0 Å². The van der Waals surface area contributed by atoms with Crippen molar-refractivity contribution in [1.82, 2.24) is 0 Å². The Morgan fingerprint density at radius 1 is 1.09 bits per heavy atom. The first kappa shape index (κ1) is 19.0. The van der Waals surface area contributed by atoms with E-state index in [0.29, 0.717) is 6.61 Å². The molecule has 0 fully saturated rings. The molecule has 0 saturated heterocycles. The number of carbonyl (C=O) groups excluding carboxylic acids is 1. The molecule has 23 heavy (non-hydrogen) atoms. The summed E-state index contributed by atoms with van der Waals surface area (Å²) in [6.07, 6.45) is 0. The number of anilines is 1. The molecule has 5 heteroatoms. The molecule has 2 aromatic carbocycles. The Kier molecular flexibility index (Phi) is 7.59. The fraction of sp³-hybridized carbons (Fsp3) is 0.278. The van der Waals surface area contributed by atoms with Crippen LogP contribution < -0.4 is 15.8 Å². The molecule has 2 atom stereocenters. The molecule has 4 nitrogen and oxygen atoms in total. The zero-order chi connectivity index (χ0) is 15.9. The van der Waals surface area contributed by atoms with Crippen molar-refractivity contribution in [2.75, 3.05) is 5.32 Å². The van der Waals surface area contributed by atoms with Crippen molar-refractivity contribution in [3.63, 3.8) is 0 Å². The average molecular weight is 335 g/mol. The molecule has 1 amide bonds. The Labute approximate surface area is 143 Å². The number of nitrogens with one attached hydrogen (secondary N) is 1. The summed E-state index contributed by atoms with van der Waals surface area (Å²) in [4.78, 5) is 11.9. The normalized spacial score (nSPS) is 12.7. The van der Waals surface area contributed by atoms with Gasteiger partial charge in [-0.15, -0.1) is 12.4 Å². The van der Waals surface area contributed by atoms with Gasteiger partial charge in [-0.05, 0) is 36.8 Å². The van der Waals surface area contributed by atoms with E-state index in [1.54, 1.807) is 0 Å². The number of ether oxygens (including phenoxy) is 1. The summed E-state index contributed by atoms with van der Waals surface area (Å²) in [5, 5.41) is 2.85. The molecule has 3 N–H and O–H groups in total. The summed E-state index contributed by atoms with van der Waals surface area (Å²) in [6, 6.07) is 17.1. The average Bonchev–Trinajstić information content (AvgIpc) is 2.54. The number of rotatable bonds is 6. The third kappa shape index (κ3) is 5.93. The van der Waals surface area contributed by atoms with E-state index in [4.69, 9.17) is 10.5 Å². The Hall–Kier alpha value is -2.04. The van der Waals surface area contributed by atoms with Gasteiger partial charge in [0.25, 0.3) is 0 Å². The smallest absolute Gasteiger partial charge is 0.228 e. The maximum Gasteiger partial charge on any atom is 0.228 e. The zero-order valence-electron chi connectivity index (χ0n) is 13.4. The van der Waals surface area contributed by atoms with Gasteiger partial charge in [-0.3, -0.25) is 4.79 Å². The fourth-order valence-corrected chi connectivity index (χ4v) is 1.87. The van der Waals surface area contributed by atoms with Gasteiger partial charge >= 0.3 is 0 Å². The van der Waals surface area contributed by atoms with E-state index < -0.39 is 0 Å². The monoisotopic (exact) mass is 334 g/mol. The summed E-state index contributed by atoms with van der Waals surface area (Å²) in [5.74, 6) is 0.462. The Morgan fingerprint density at radius 3 is 2.26 bits per heavy atom. The maximum atomic E-state index is 11.9. The molecule has 0 aliphatic rings. The second-order valence-electron chi connectivity index (χ2n) is 5.44. The second kappa shape index (κ2) is 9.18.